The molecule has 1 aromatic carbocycles. The number of halogens is 1. The number of rotatable bonds is 6. The van der Waals surface area contributed by atoms with Gasteiger partial charge in [0.15, 0.2) is 0 Å². The molecule has 0 aliphatic carbocycles. The van der Waals surface area contributed by atoms with E-state index in [2.05, 4.69) is 17.6 Å². The van der Waals surface area contributed by atoms with Gasteiger partial charge >= 0.3 is 0 Å². The highest BCUT2D eigenvalue weighted by molar-refractivity contribution is 5.85. The van der Waals surface area contributed by atoms with Crippen molar-refractivity contribution in [2.75, 3.05) is 26.8 Å². The van der Waals surface area contributed by atoms with Gasteiger partial charge in [-0.1, -0.05) is 0 Å². The van der Waals surface area contributed by atoms with Gasteiger partial charge in [-0.3, -0.25) is 4.79 Å². The van der Waals surface area contributed by atoms with Crippen molar-refractivity contribution in [2.45, 2.75) is 25.8 Å². The van der Waals surface area contributed by atoms with Gasteiger partial charge in [-0.2, -0.15) is 0 Å². The van der Waals surface area contributed by atoms with E-state index < -0.39 is 0 Å². The van der Waals surface area contributed by atoms with Crippen LogP contribution in [0.15, 0.2) is 24.3 Å². The Kier molecular flexibility index (Phi) is 8.06. The molecular weight excluding hydrogens is 304 g/mol. The SMILES string of the molecule is COc1ccc(OCCNC(=O)[C@H]2CCN[C@@H](C)C2)cc1.Cl. The topological polar surface area (TPSA) is 59.6 Å². The Bertz CT molecular complexity index is 453. The van der Waals surface area contributed by atoms with E-state index in [0.717, 1.165) is 30.9 Å². The summed E-state index contributed by atoms with van der Waals surface area (Å²) in [6, 6.07) is 7.84. The third-order valence-corrected chi connectivity index (χ3v) is 3.72. The average molecular weight is 329 g/mol. The molecule has 1 fully saturated rings. The highest BCUT2D eigenvalue weighted by Gasteiger charge is 2.24. The maximum absolute atomic E-state index is 12.0. The van der Waals surface area contributed by atoms with Crippen LogP contribution in [-0.4, -0.2) is 38.8 Å². The summed E-state index contributed by atoms with van der Waals surface area (Å²) in [4.78, 5) is 12.0. The van der Waals surface area contributed by atoms with E-state index in [1.54, 1.807) is 7.11 Å². The molecule has 2 N–H and O–H groups in total. The molecule has 124 valence electrons. The van der Waals surface area contributed by atoms with Gasteiger partial charge in [0, 0.05) is 12.0 Å². The fraction of sp³-hybridized carbons (Fsp3) is 0.562. The van der Waals surface area contributed by atoms with Gasteiger partial charge in [-0.15, -0.1) is 12.4 Å². The predicted molar refractivity (Wildman–Crippen MR) is 88.9 cm³/mol. The number of ether oxygens (including phenoxy) is 2. The van der Waals surface area contributed by atoms with Crippen LogP contribution in [0.5, 0.6) is 11.5 Å². The number of amides is 1. The zero-order valence-corrected chi connectivity index (χ0v) is 13.9. The maximum Gasteiger partial charge on any atom is 0.223 e. The minimum Gasteiger partial charge on any atom is -0.497 e. The lowest BCUT2D eigenvalue weighted by molar-refractivity contribution is -0.126. The average Bonchev–Trinajstić information content (AvgIpc) is 2.52. The molecular formula is C16H25ClN2O3. The summed E-state index contributed by atoms with van der Waals surface area (Å²) >= 11 is 0. The van der Waals surface area contributed by atoms with Crippen molar-refractivity contribution in [1.29, 1.82) is 0 Å². The van der Waals surface area contributed by atoms with Gasteiger partial charge in [0.25, 0.3) is 0 Å². The number of carbonyl (C=O) groups is 1. The second-order valence-corrected chi connectivity index (χ2v) is 5.39. The number of carbonyl (C=O) groups excluding carboxylic acids is 1. The fourth-order valence-corrected chi connectivity index (χ4v) is 2.53. The summed E-state index contributed by atoms with van der Waals surface area (Å²) in [5.74, 6) is 1.85. The highest BCUT2D eigenvalue weighted by Crippen LogP contribution is 2.17. The van der Waals surface area contributed by atoms with Crippen molar-refractivity contribution in [2.24, 2.45) is 5.92 Å². The van der Waals surface area contributed by atoms with Gasteiger partial charge < -0.3 is 20.1 Å². The largest absolute Gasteiger partial charge is 0.497 e. The minimum absolute atomic E-state index is 0. The van der Waals surface area contributed by atoms with Crippen LogP contribution in [0.25, 0.3) is 0 Å². The van der Waals surface area contributed by atoms with Crippen molar-refractivity contribution in [3.05, 3.63) is 24.3 Å². The highest BCUT2D eigenvalue weighted by atomic mass is 35.5. The third-order valence-electron chi connectivity index (χ3n) is 3.72. The zero-order chi connectivity index (χ0) is 15.1. The normalized spacial score (nSPS) is 20.6. The summed E-state index contributed by atoms with van der Waals surface area (Å²) in [7, 11) is 1.63. The second-order valence-electron chi connectivity index (χ2n) is 5.39. The second kappa shape index (κ2) is 9.54. The molecule has 0 unspecified atom stereocenters. The molecule has 1 saturated heterocycles. The van der Waals surface area contributed by atoms with Gasteiger partial charge in [0.1, 0.15) is 18.1 Å². The van der Waals surface area contributed by atoms with Crippen molar-refractivity contribution in [1.82, 2.24) is 10.6 Å². The van der Waals surface area contributed by atoms with E-state index in [1.165, 1.54) is 0 Å². The number of benzene rings is 1. The van der Waals surface area contributed by atoms with E-state index in [-0.39, 0.29) is 24.2 Å². The monoisotopic (exact) mass is 328 g/mol. The first-order valence-electron chi connectivity index (χ1n) is 7.47. The van der Waals surface area contributed by atoms with Gasteiger partial charge in [-0.05, 0) is 50.6 Å². The number of piperidine rings is 1. The van der Waals surface area contributed by atoms with Crippen molar-refractivity contribution in [3.8, 4) is 11.5 Å². The molecule has 22 heavy (non-hydrogen) atoms. The molecule has 1 amide bonds. The van der Waals surface area contributed by atoms with Crippen LogP contribution in [0, 0.1) is 5.92 Å². The van der Waals surface area contributed by atoms with E-state index in [0.29, 0.717) is 19.2 Å². The number of hydrogen-bond acceptors (Lipinski definition) is 4. The summed E-state index contributed by atoms with van der Waals surface area (Å²) in [6.07, 6.45) is 1.82. The molecule has 0 radical (unpaired) electrons. The maximum atomic E-state index is 12.0. The lowest BCUT2D eigenvalue weighted by Gasteiger charge is -2.27. The smallest absolute Gasteiger partial charge is 0.223 e. The lowest BCUT2D eigenvalue weighted by atomic mass is 9.92. The standard InChI is InChI=1S/C16H24N2O3.ClH/c1-12-11-13(7-8-17-12)16(19)18-9-10-21-15-5-3-14(20-2)4-6-15;/h3-6,12-13,17H,7-11H2,1-2H3,(H,18,19);1H/t12-,13-;/m0./s1. The van der Waals surface area contributed by atoms with E-state index in [4.69, 9.17) is 9.47 Å². The van der Waals surface area contributed by atoms with Gasteiger partial charge in [0.05, 0.1) is 13.7 Å². The molecule has 0 spiro atoms. The van der Waals surface area contributed by atoms with E-state index in [9.17, 15) is 4.79 Å². The van der Waals surface area contributed by atoms with Crippen LogP contribution in [0.1, 0.15) is 19.8 Å². The number of nitrogens with one attached hydrogen (secondary N) is 2. The molecule has 1 aromatic rings. The Morgan fingerprint density at radius 3 is 2.64 bits per heavy atom. The van der Waals surface area contributed by atoms with Gasteiger partial charge in [-0.25, -0.2) is 0 Å². The molecule has 6 heteroatoms. The quantitative estimate of drug-likeness (QED) is 0.784. The van der Waals surface area contributed by atoms with Crippen LogP contribution in [-0.2, 0) is 4.79 Å². The van der Waals surface area contributed by atoms with Crippen LogP contribution in [0.3, 0.4) is 0 Å². The number of methoxy groups -OCH3 is 1. The summed E-state index contributed by atoms with van der Waals surface area (Å²) in [5, 5.41) is 6.30. The van der Waals surface area contributed by atoms with Crippen LogP contribution in [0.2, 0.25) is 0 Å². The Labute approximate surface area is 138 Å². The molecule has 2 rings (SSSR count). The van der Waals surface area contributed by atoms with Crippen molar-refractivity contribution < 1.29 is 14.3 Å². The molecule has 1 aliphatic rings. The van der Waals surface area contributed by atoms with E-state index >= 15 is 0 Å². The van der Waals surface area contributed by atoms with Crippen molar-refractivity contribution in [3.63, 3.8) is 0 Å². The Hall–Kier alpha value is -1.46. The fourth-order valence-electron chi connectivity index (χ4n) is 2.53. The third kappa shape index (κ3) is 5.73. The molecule has 5 nitrogen and oxygen atoms in total. The zero-order valence-electron chi connectivity index (χ0n) is 13.1. The van der Waals surface area contributed by atoms with Crippen LogP contribution < -0.4 is 20.1 Å². The first kappa shape index (κ1) is 18.6. The Morgan fingerprint density at radius 2 is 2.00 bits per heavy atom. The van der Waals surface area contributed by atoms with Crippen LogP contribution >= 0.6 is 12.4 Å². The Balaban J connectivity index is 0.00000242. The Morgan fingerprint density at radius 1 is 1.32 bits per heavy atom. The molecule has 0 aromatic heterocycles. The summed E-state index contributed by atoms with van der Waals surface area (Å²) in [5.41, 5.74) is 0. The first-order valence-corrected chi connectivity index (χ1v) is 7.47. The van der Waals surface area contributed by atoms with Crippen molar-refractivity contribution >= 4 is 18.3 Å². The molecule has 0 saturated carbocycles. The summed E-state index contributed by atoms with van der Waals surface area (Å²) in [6.45, 7) is 4.04. The molecule has 1 aliphatic heterocycles. The minimum atomic E-state index is 0. The molecule has 1 heterocycles. The first-order chi connectivity index (χ1) is 10.2. The van der Waals surface area contributed by atoms with Gasteiger partial charge in [0.2, 0.25) is 5.91 Å². The molecule has 2 atom stereocenters. The lowest BCUT2D eigenvalue weighted by Crippen LogP contribution is -2.43. The number of hydrogen-bond donors (Lipinski definition) is 2. The van der Waals surface area contributed by atoms with Crippen LogP contribution in [0.4, 0.5) is 0 Å². The predicted octanol–water partition coefficient (Wildman–Crippen LogP) is 2.00. The van der Waals surface area contributed by atoms with E-state index in [1.807, 2.05) is 24.3 Å². The summed E-state index contributed by atoms with van der Waals surface area (Å²) < 4.78 is 10.7. The molecule has 0 bridgehead atoms.